The van der Waals surface area contributed by atoms with Crippen molar-refractivity contribution in [3.05, 3.63) is 34.9 Å². The summed E-state index contributed by atoms with van der Waals surface area (Å²) in [5, 5.41) is 0. The number of hydrogen-bond donors (Lipinski definition) is 1. The van der Waals surface area contributed by atoms with Crippen LogP contribution >= 0.6 is 0 Å². The molecule has 0 heterocycles. The van der Waals surface area contributed by atoms with Gasteiger partial charge in [-0.2, -0.15) is 0 Å². The molecule has 12 heavy (non-hydrogen) atoms. The van der Waals surface area contributed by atoms with E-state index in [1.54, 1.807) is 0 Å². The third-order valence-corrected chi connectivity index (χ3v) is 2.04. The molecule has 0 bridgehead atoms. The van der Waals surface area contributed by atoms with Crippen LogP contribution in [0.3, 0.4) is 0 Å². The molecule has 0 aromatic heterocycles. The van der Waals surface area contributed by atoms with Crippen LogP contribution in [0.25, 0.3) is 0 Å². The monoisotopic (exact) mass is 165 g/mol. The number of rotatable bonds is 3. The van der Waals surface area contributed by atoms with Gasteiger partial charge in [-0.3, -0.25) is 4.84 Å². The molecule has 1 aromatic rings. The van der Waals surface area contributed by atoms with E-state index in [0.717, 1.165) is 12.0 Å². The quantitative estimate of drug-likeness (QED) is 0.695. The molecule has 0 amide bonds. The first-order chi connectivity index (χ1) is 5.77. The van der Waals surface area contributed by atoms with Crippen molar-refractivity contribution in [2.24, 2.45) is 5.90 Å². The molecule has 2 nitrogen and oxygen atoms in total. The van der Waals surface area contributed by atoms with E-state index in [-0.39, 0.29) is 0 Å². The van der Waals surface area contributed by atoms with Crippen LogP contribution in [0.1, 0.15) is 23.6 Å². The molecular formula is C10H15NO. The Morgan fingerprint density at radius 3 is 2.75 bits per heavy atom. The van der Waals surface area contributed by atoms with Crippen molar-refractivity contribution < 1.29 is 4.84 Å². The molecule has 1 aromatic carbocycles. The largest absolute Gasteiger partial charge is 0.300 e. The van der Waals surface area contributed by atoms with Crippen LogP contribution in [0.15, 0.2) is 18.2 Å². The standard InChI is InChI=1S/C10H15NO/c1-3-10-6-9(7-12-11)5-4-8(10)2/h4-6H,3,7,11H2,1-2H3. The molecule has 0 fully saturated rings. The second kappa shape index (κ2) is 4.24. The lowest BCUT2D eigenvalue weighted by molar-refractivity contribution is 0.124. The van der Waals surface area contributed by atoms with Crippen LogP contribution < -0.4 is 5.90 Å². The molecule has 0 aliphatic heterocycles. The van der Waals surface area contributed by atoms with Crippen LogP contribution in [0.4, 0.5) is 0 Å². The average molecular weight is 165 g/mol. The Morgan fingerprint density at radius 1 is 1.42 bits per heavy atom. The maximum Gasteiger partial charge on any atom is 0.0930 e. The van der Waals surface area contributed by atoms with Crippen molar-refractivity contribution in [2.45, 2.75) is 26.9 Å². The molecule has 0 unspecified atom stereocenters. The Kier molecular flexibility index (Phi) is 3.26. The van der Waals surface area contributed by atoms with Crippen molar-refractivity contribution in [1.29, 1.82) is 0 Å². The molecule has 0 atom stereocenters. The first-order valence-electron chi connectivity index (χ1n) is 4.18. The highest BCUT2D eigenvalue weighted by Crippen LogP contribution is 2.11. The van der Waals surface area contributed by atoms with E-state index in [0.29, 0.717) is 6.61 Å². The molecule has 0 aliphatic carbocycles. The van der Waals surface area contributed by atoms with Gasteiger partial charge in [-0.25, -0.2) is 5.90 Å². The zero-order valence-corrected chi connectivity index (χ0v) is 7.63. The minimum atomic E-state index is 0.493. The summed E-state index contributed by atoms with van der Waals surface area (Å²) in [6.07, 6.45) is 1.06. The van der Waals surface area contributed by atoms with Crippen molar-refractivity contribution >= 4 is 0 Å². The third-order valence-electron chi connectivity index (χ3n) is 2.04. The Labute approximate surface area is 73.3 Å². The minimum absolute atomic E-state index is 0.493. The normalized spacial score (nSPS) is 10.2. The van der Waals surface area contributed by atoms with Gasteiger partial charge in [-0.1, -0.05) is 25.1 Å². The van der Waals surface area contributed by atoms with Crippen LogP contribution in [-0.4, -0.2) is 0 Å². The van der Waals surface area contributed by atoms with Crippen molar-refractivity contribution in [3.63, 3.8) is 0 Å². The van der Waals surface area contributed by atoms with E-state index < -0.39 is 0 Å². The molecule has 0 radical (unpaired) electrons. The predicted octanol–water partition coefficient (Wildman–Crippen LogP) is 1.95. The van der Waals surface area contributed by atoms with E-state index >= 15 is 0 Å². The van der Waals surface area contributed by atoms with Gasteiger partial charge < -0.3 is 0 Å². The summed E-state index contributed by atoms with van der Waals surface area (Å²) in [7, 11) is 0. The Hall–Kier alpha value is -0.860. The third kappa shape index (κ3) is 2.06. The molecule has 0 aliphatic rings. The predicted molar refractivity (Wildman–Crippen MR) is 49.5 cm³/mol. The zero-order valence-electron chi connectivity index (χ0n) is 7.63. The van der Waals surface area contributed by atoms with Gasteiger partial charge in [0, 0.05) is 0 Å². The summed E-state index contributed by atoms with van der Waals surface area (Å²) in [6, 6.07) is 6.29. The molecule has 66 valence electrons. The molecule has 2 N–H and O–H groups in total. The van der Waals surface area contributed by atoms with E-state index in [1.165, 1.54) is 11.1 Å². The van der Waals surface area contributed by atoms with Gasteiger partial charge >= 0.3 is 0 Å². The summed E-state index contributed by atoms with van der Waals surface area (Å²) < 4.78 is 0. The van der Waals surface area contributed by atoms with Gasteiger partial charge in [0.25, 0.3) is 0 Å². The smallest absolute Gasteiger partial charge is 0.0930 e. The second-order valence-electron chi connectivity index (χ2n) is 2.93. The fourth-order valence-electron chi connectivity index (χ4n) is 1.29. The molecular weight excluding hydrogens is 150 g/mol. The topological polar surface area (TPSA) is 35.2 Å². The molecule has 0 saturated heterocycles. The van der Waals surface area contributed by atoms with Gasteiger partial charge in [0.2, 0.25) is 0 Å². The number of aryl methyl sites for hydroxylation is 2. The van der Waals surface area contributed by atoms with Gasteiger partial charge in [-0.15, -0.1) is 0 Å². The molecule has 1 rings (SSSR count). The van der Waals surface area contributed by atoms with Gasteiger partial charge in [0.05, 0.1) is 6.61 Å². The summed E-state index contributed by atoms with van der Waals surface area (Å²) in [4.78, 5) is 4.57. The maximum absolute atomic E-state index is 4.99. The molecule has 0 saturated carbocycles. The van der Waals surface area contributed by atoms with Crippen LogP contribution in [-0.2, 0) is 17.9 Å². The van der Waals surface area contributed by atoms with Crippen molar-refractivity contribution in [3.8, 4) is 0 Å². The number of hydrogen-bond acceptors (Lipinski definition) is 2. The van der Waals surface area contributed by atoms with Crippen LogP contribution in [0.5, 0.6) is 0 Å². The highest BCUT2D eigenvalue weighted by Gasteiger charge is 1.97. The summed E-state index contributed by atoms with van der Waals surface area (Å²) in [6.45, 7) is 4.76. The summed E-state index contributed by atoms with van der Waals surface area (Å²) >= 11 is 0. The minimum Gasteiger partial charge on any atom is -0.300 e. The number of nitrogens with two attached hydrogens (primary N) is 1. The Bertz CT molecular complexity index is 258. The van der Waals surface area contributed by atoms with Gasteiger partial charge in [0.1, 0.15) is 0 Å². The lowest BCUT2D eigenvalue weighted by atomic mass is 10.0. The lowest BCUT2D eigenvalue weighted by Crippen LogP contribution is -1.99. The van der Waals surface area contributed by atoms with E-state index in [9.17, 15) is 0 Å². The van der Waals surface area contributed by atoms with Crippen LogP contribution in [0.2, 0.25) is 0 Å². The van der Waals surface area contributed by atoms with Crippen molar-refractivity contribution in [2.75, 3.05) is 0 Å². The lowest BCUT2D eigenvalue weighted by Gasteiger charge is -2.05. The van der Waals surface area contributed by atoms with Gasteiger partial charge in [-0.05, 0) is 30.0 Å². The van der Waals surface area contributed by atoms with E-state index in [2.05, 4.69) is 30.8 Å². The Balaban J connectivity index is 2.89. The van der Waals surface area contributed by atoms with Crippen LogP contribution in [0, 0.1) is 6.92 Å². The van der Waals surface area contributed by atoms with E-state index in [1.807, 2.05) is 6.07 Å². The highest BCUT2D eigenvalue weighted by molar-refractivity contribution is 5.30. The first kappa shape index (κ1) is 9.23. The zero-order chi connectivity index (χ0) is 8.97. The SMILES string of the molecule is CCc1cc(CON)ccc1C. The molecule has 2 heteroatoms. The first-order valence-corrected chi connectivity index (χ1v) is 4.18. The highest BCUT2D eigenvalue weighted by atomic mass is 16.6. The van der Waals surface area contributed by atoms with E-state index in [4.69, 9.17) is 5.90 Å². The summed E-state index contributed by atoms with van der Waals surface area (Å²) in [5.74, 6) is 4.99. The fraction of sp³-hybridized carbons (Fsp3) is 0.400. The van der Waals surface area contributed by atoms with Gasteiger partial charge in [0.15, 0.2) is 0 Å². The Morgan fingerprint density at radius 2 is 2.17 bits per heavy atom. The number of benzene rings is 1. The maximum atomic E-state index is 4.99. The molecule has 0 spiro atoms. The van der Waals surface area contributed by atoms with Crippen molar-refractivity contribution in [1.82, 2.24) is 0 Å². The second-order valence-corrected chi connectivity index (χ2v) is 2.93. The average Bonchev–Trinajstić information content (AvgIpc) is 2.09. The summed E-state index contributed by atoms with van der Waals surface area (Å²) in [5.41, 5.74) is 3.84. The fourth-order valence-corrected chi connectivity index (χ4v) is 1.29.